The molecule has 1 saturated heterocycles. The molecular weight excluding hydrogens is 287 g/mol. The van der Waals surface area contributed by atoms with Crippen LogP contribution in [0.2, 0.25) is 0 Å². The van der Waals surface area contributed by atoms with E-state index < -0.39 is 18.8 Å². The molecule has 0 amide bonds. The second-order valence-electron chi connectivity index (χ2n) is 5.22. The minimum Gasteiger partial charge on any atom is -0.468 e. The highest BCUT2D eigenvalue weighted by molar-refractivity contribution is 5.75. The van der Waals surface area contributed by atoms with Gasteiger partial charge in [-0.2, -0.15) is 13.2 Å². The molecule has 0 saturated carbocycles. The zero-order valence-electron chi connectivity index (χ0n) is 12.6. The number of alkyl halides is 3. The van der Waals surface area contributed by atoms with Crippen LogP contribution in [-0.2, 0) is 9.53 Å². The molecule has 1 unspecified atom stereocenters. The number of nitrogens with zero attached hydrogens (tertiary/aromatic N) is 2. The van der Waals surface area contributed by atoms with Crippen LogP contribution in [0.5, 0.6) is 0 Å². The topological polar surface area (TPSA) is 44.8 Å². The fourth-order valence-electron chi connectivity index (χ4n) is 2.32. The van der Waals surface area contributed by atoms with Gasteiger partial charge < -0.3 is 10.1 Å². The van der Waals surface area contributed by atoms with E-state index in [4.69, 9.17) is 4.74 Å². The number of carbonyl (C=O) groups excluding carboxylic acids is 1. The van der Waals surface area contributed by atoms with Crippen molar-refractivity contribution in [1.29, 1.82) is 0 Å². The quantitative estimate of drug-likeness (QED) is 0.702. The highest BCUT2D eigenvalue weighted by atomic mass is 19.4. The highest BCUT2D eigenvalue weighted by Gasteiger charge is 2.32. The lowest BCUT2D eigenvalue weighted by molar-refractivity contribution is -0.149. The zero-order valence-corrected chi connectivity index (χ0v) is 12.6. The van der Waals surface area contributed by atoms with Gasteiger partial charge in [-0.05, 0) is 13.0 Å². The van der Waals surface area contributed by atoms with Gasteiger partial charge in [-0.3, -0.25) is 14.6 Å². The van der Waals surface area contributed by atoms with Crippen LogP contribution >= 0.6 is 0 Å². The first-order chi connectivity index (χ1) is 9.85. The van der Waals surface area contributed by atoms with Crippen LogP contribution in [0.1, 0.15) is 13.3 Å². The fourth-order valence-corrected chi connectivity index (χ4v) is 2.32. The Morgan fingerprint density at radius 3 is 2.29 bits per heavy atom. The number of carbonyl (C=O) groups is 1. The summed E-state index contributed by atoms with van der Waals surface area (Å²) >= 11 is 0. The molecule has 0 aromatic carbocycles. The van der Waals surface area contributed by atoms with Gasteiger partial charge in [0.2, 0.25) is 0 Å². The molecule has 1 N–H and O–H groups in total. The van der Waals surface area contributed by atoms with Gasteiger partial charge in [0.05, 0.1) is 13.7 Å². The normalized spacial score (nSPS) is 19.5. The van der Waals surface area contributed by atoms with Gasteiger partial charge in [-0.25, -0.2) is 0 Å². The van der Waals surface area contributed by atoms with Crippen molar-refractivity contribution in [2.45, 2.75) is 25.6 Å². The van der Waals surface area contributed by atoms with E-state index >= 15 is 0 Å². The molecule has 1 fully saturated rings. The predicted octanol–water partition coefficient (Wildman–Crippen LogP) is 0.708. The molecule has 1 atom stereocenters. The molecule has 0 aliphatic carbocycles. The lowest BCUT2D eigenvalue weighted by atomic mass is 10.2. The Morgan fingerprint density at radius 2 is 1.81 bits per heavy atom. The van der Waals surface area contributed by atoms with Crippen LogP contribution in [0.25, 0.3) is 0 Å². The van der Waals surface area contributed by atoms with Gasteiger partial charge in [0.25, 0.3) is 0 Å². The van der Waals surface area contributed by atoms with E-state index in [1.165, 1.54) is 12.0 Å². The molecule has 0 aromatic rings. The van der Waals surface area contributed by atoms with Crippen molar-refractivity contribution in [2.75, 3.05) is 52.9 Å². The Hall–Kier alpha value is -0.860. The number of ether oxygens (including phenoxy) is 1. The minimum atomic E-state index is -4.15. The number of nitrogens with one attached hydrogen (secondary N) is 1. The largest absolute Gasteiger partial charge is 0.468 e. The van der Waals surface area contributed by atoms with Gasteiger partial charge >= 0.3 is 12.1 Å². The monoisotopic (exact) mass is 311 g/mol. The molecule has 0 spiro atoms. The Balaban J connectivity index is 2.39. The third-order valence-electron chi connectivity index (χ3n) is 3.44. The molecule has 1 aliphatic heterocycles. The average Bonchev–Trinajstić information content (AvgIpc) is 2.42. The van der Waals surface area contributed by atoms with Crippen LogP contribution in [-0.4, -0.2) is 80.9 Å². The van der Waals surface area contributed by atoms with Crippen molar-refractivity contribution >= 4 is 5.97 Å². The summed E-state index contributed by atoms with van der Waals surface area (Å²) in [6.07, 6.45) is -3.26. The molecule has 124 valence electrons. The van der Waals surface area contributed by atoms with Crippen molar-refractivity contribution in [3.8, 4) is 0 Å². The first-order valence-electron chi connectivity index (χ1n) is 7.18. The molecule has 0 radical (unpaired) electrons. The second kappa shape index (κ2) is 8.55. The standard InChI is InChI=1S/C13H24F3N3O2/c1-3-4-17-11(12(20)21-2)9-18-5-7-19(8-6-18)10-13(14,15)16/h11,17H,3-10H2,1-2H3. The van der Waals surface area contributed by atoms with Crippen molar-refractivity contribution in [3.05, 3.63) is 0 Å². The Kier molecular flexibility index (Phi) is 7.41. The number of esters is 1. The van der Waals surface area contributed by atoms with E-state index in [0.29, 0.717) is 39.3 Å². The van der Waals surface area contributed by atoms with Gasteiger partial charge in [-0.1, -0.05) is 6.92 Å². The van der Waals surface area contributed by atoms with E-state index in [2.05, 4.69) is 5.32 Å². The first kappa shape index (κ1) is 18.2. The molecule has 0 aromatic heterocycles. The number of hydrogen-bond donors (Lipinski definition) is 1. The first-order valence-corrected chi connectivity index (χ1v) is 7.18. The maximum absolute atomic E-state index is 12.3. The summed E-state index contributed by atoms with van der Waals surface area (Å²) in [6, 6.07) is -0.427. The Labute approximate surface area is 123 Å². The molecule has 1 rings (SSSR count). The highest BCUT2D eigenvalue weighted by Crippen LogP contribution is 2.17. The Bertz CT molecular complexity index is 318. The summed E-state index contributed by atoms with van der Waals surface area (Å²) in [5.74, 6) is -0.332. The minimum absolute atomic E-state index is 0.332. The van der Waals surface area contributed by atoms with E-state index in [1.54, 1.807) is 0 Å². The maximum atomic E-state index is 12.3. The lowest BCUT2D eigenvalue weighted by Crippen LogP contribution is -2.54. The third-order valence-corrected chi connectivity index (χ3v) is 3.44. The van der Waals surface area contributed by atoms with Crippen LogP contribution in [0, 0.1) is 0 Å². The van der Waals surface area contributed by atoms with Crippen molar-refractivity contribution in [3.63, 3.8) is 0 Å². The number of hydrogen-bond acceptors (Lipinski definition) is 5. The van der Waals surface area contributed by atoms with Crippen molar-refractivity contribution < 1.29 is 22.7 Å². The predicted molar refractivity (Wildman–Crippen MR) is 73.0 cm³/mol. The van der Waals surface area contributed by atoms with Gasteiger partial charge in [-0.15, -0.1) is 0 Å². The maximum Gasteiger partial charge on any atom is 0.401 e. The number of rotatable bonds is 7. The molecular formula is C13H24F3N3O2. The van der Waals surface area contributed by atoms with Crippen LogP contribution in [0.3, 0.4) is 0 Å². The summed E-state index contributed by atoms with van der Waals surface area (Å²) < 4.78 is 41.7. The van der Waals surface area contributed by atoms with Crippen LogP contribution in [0.4, 0.5) is 13.2 Å². The average molecular weight is 311 g/mol. The third kappa shape index (κ3) is 7.10. The van der Waals surface area contributed by atoms with Crippen molar-refractivity contribution in [1.82, 2.24) is 15.1 Å². The number of piperazine rings is 1. The van der Waals surface area contributed by atoms with E-state index in [1.807, 2.05) is 11.8 Å². The van der Waals surface area contributed by atoms with Crippen molar-refractivity contribution in [2.24, 2.45) is 0 Å². The van der Waals surface area contributed by atoms with E-state index in [0.717, 1.165) is 6.42 Å². The SMILES string of the molecule is CCCNC(CN1CCN(CC(F)(F)F)CC1)C(=O)OC. The molecule has 0 bridgehead atoms. The summed E-state index contributed by atoms with van der Waals surface area (Å²) in [6.45, 7) is 4.07. The van der Waals surface area contributed by atoms with Crippen LogP contribution in [0.15, 0.2) is 0 Å². The van der Waals surface area contributed by atoms with E-state index in [-0.39, 0.29) is 5.97 Å². The number of halogens is 3. The van der Waals surface area contributed by atoms with E-state index in [9.17, 15) is 18.0 Å². The summed E-state index contributed by atoms with van der Waals surface area (Å²) in [7, 11) is 1.34. The Morgan fingerprint density at radius 1 is 1.24 bits per heavy atom. The van der Waals surface area contributed by atoms with Gasteiger partial charge in [0, 0.05) is 32.7 Å². The van der Waals surface area contributed by atoms with Gasteiger partial charge in [0.15, 0.2) is 0 Å². The summed E-state index contributed by atoms with van der Waals surface area (Å²) in [4.78, 5) is 15.1. The zero-order chi connectivity index (χ0) is 15.9. The van der Waals surface area contributed by atoms with Gasteiger partial charge in [0.1, 0.15) is 6.04 Å². The molecule has 1 aliphatic rings. The molecule has 5 nitrogen and oxygen atoms in total. The fraction of sp³-hybridized carbons (Fsp3) is 0.923. The smallest absolute Gasteiger partial charge is 0.401 e. The summed E-state index contributed by atoms with van der Waals surface area (Å²) in [5.41, 5.74) is 0. The summed E-state index contributed by atoms with van der Waals surface area (Å²) in [5, 5.41) is 3.11. The second-order valence-corrected chi connectivity index (χ2v) is 5.22. The molecule has 21 heavy (non-hydrogen) atoms. The van der Waals surface area contributed by atoms with Crippen LogP contribution < -0.4 is 5.32 Å². The number of methoxy groups -OCH3 is 1. The molecule has 8 heteroatoms. The lowest BCUT2D eigenvalue weighted by Gasteiger charge is -2.36. The molecule has 1 heterocycles.